The molecule has 0 spiro atoms. The second-order valence-corrected chi connectivity index (χ2v) is 39.6. The number of likely N-dealkylation sites (N-methyl/N-ethyl adjacent to an activating group) is 2. The van der Waals surface area contributed by atoms with Crippen molar-refractivity contribution in [1.82, 2.24) is 65.5 Å². The summed E-state index contributed by atoms with van der Waals surface area (Å²) in [5.74, 6) is -1.27. The van der Waals surface area contributed by atoms with Gasteiger partial charge in [0.15, 0.2) is 17.2 Å². The summed E-state index contributed by atoms with van der Waals surface area (Å²) in [6, 6.07) is 12.6. The number of Topliss-reactive ketones (excluding diaryl/α,β-unsaturated/α-hetero) is 6. The maximum absolute atomic E-state index is 13.2. The molecule has 8 saturated heterocycles. The molecule has 138 heavy (non-hydrogen) atoms. The predicted octanol–water partition coefficient (Wildman–Crippen LogP) is 3.76. The first-order valence-corrected chi connectivity index (χ1v) is 49.6. The number of nitrogens with one attached hydrogen (secondary N) is 2. The molecule has 8 fully saturated rings. The number of nitrogens with two attached hydrogens (primary N) is 8. The standard InChI is InChI=1S/C25H36N6O7S2.C23H25N5O7S2.C15H18N4O5.C7H7F3N2.C7H16N2S.C5H5NS.C3H6O3S.H3N/c1-14-18(26)21(33)17-15(13-38-23(27)34)25(36-3)22-16(12-30(25)19(17)20(14)32)31(22)24(35)37-9-11-40-39-10-8-29-6-4-28(2)5-7-29;1-11-16(24)19(30)15-12(10-35-21(25)31)23(33-2)20-13(9-27(23)17(15)18(11)29)28(20)22(32)34-7-8-36-37-14-5-3-4-6-26-14;1-5-9(16)12(21)8-6(4-24-14(17)22)15(23-2)13-7(18-13)3-19(15)10(8)11(5)20;8-7(9,10)4-1-2-5(11)6(12)3-4;1-8-2-4-9(5-3-8)6-7-10;7-5-3-1-2-4-6-5;4-3(5)6-1-2-7;/h15-16,22H,4-13,26H2,1-3H3,(H2,27,34);3-6,12-13,20H,7-10,24H2,1-2H3,(H2,25,31);6-7,13,18H,3-4,16H2,1-2H3,(H2,17,22);1-3H,11-12H2;10H,2-7H2,1H3;1-4H,(H,6,7);7H,1-2H2,(H,4,5);1H3/t15-,16+,22+,25-,31?;12-,13+,20+,23-,28?;6-,7+,13+,15-;;;;;/m111...../s1. The number of primary amides is 3. The summed E-state index contributed by atoms with van der Waals surface area (Å²) >= 11 is 12.7. The van der Waals surface area contributed by atoms with E-state index in [0.717, 1.165) is 78.6 Å². The van der Waals surface area contributed by atoms with E-state index in [1.54, 1.807) is 42.5 Å². The van der Waals surface area contributed by atoms with E-state index in [9.17, 15) is 70.7 Å². The molecular weight excluding hydrogens is 1950 g/mol. The third kappa shape index (κ3) is 23.3. The molecule has 0 radical (unpaired) electrons. The lowest BCUT2D eigenvalue weighted by molar-refractivity contribution is -0.144. The Kier molecular flexibility index (Phi) is 37.7. The molecule has 756 valence electrons. The molecule has 22 N–H and O–H groups in total. The van der Waals surface area contributed by atoms with Crippen molar-refractivity contribution in [1.29, 1.82) is 0 Å². The van der Waals surface area contributed by atoms with E-state index in [1.165, 1.54) is 94.8 Å². The molecule has 2 aromatic heterocycles. The van der Waals surface area contributed by atoms with Crippen LogP contribution in [0.15, 0.2) is 140 Å². The fourth-order valence-electron chi connectivity index (χ4n) is 18.6. The van der Waals surface area contributed by atoms with Crippen molar-refractivity contribution in [3.8, 4) is 0 Å². The Balaban J connectivity index is 0.000000182. The summed E-state index contributed by atoms with van der Waals surface area (Å²) in [5, 5.41) is 11.9. The van der Waals surface area contributed by atoms with Crippen molar-refractivity contribution >= 4 is 163 Å². The zero-order valence-electron chi connectivity index (χ0n) is 76.9. The van der Waals surface area contributed by atoms with Crippen LogP contribution in [0.1, 0.15) is 26.3 Å². The topological polar surface area (TPSA) is 631 Å². The van der Waals surface area contributed by atoms with E-state index in [0.29, 0.717) is 29.5 Å². The number of ketones is 6. The molecule has 11 aliphatic heterocycles. The number of nitrogens with zero attached hydrogens (tertiary/aromatic N) is 10. The number of hydrogen-bond donors (Lipinski definition) is 14. The zero-order chi connectivity index (χ0) is 100. The monoisotopic (exact) mass is 2060 g/mol. The fraction of sp³-hybridized carbons (Fsp3) is 0.529. The minimum absolute atomic E-state index is 0. The first kappa shape index (κ1) is 110. The van der Waals surface area contributed by atoms with Gasteiger partial charge in [0.05, 0.1) is 87.0 Å². The number of aromatic amines is 1. The van der Waals surface area contributed by atoms with Gasteiger partial charge in [-0.3, -0.25) is 48.4 Å². The minimum atomic E-state index is -4.36. The van der Waals surface area contributed by atoms with Gasteiger partial charge in [-0.15, -0.1) is 0 Å². The first-order valence-electron chi connectivity index (χ1n) is 43.1. The molecule has 3 aromatic rings. The maximum atomic E-state index is 13.2. The molecule has 1 aromatic carbocycles. The Morgan fingerprint density at radius 1 is 0.536 bits per heavy atom. The van der Waals surface area contributed by atoms with Gasteiger partial charge in [0.25, 0.3) is 0 Å². The van der Waals surface area contributed by atoms with E-state index in [-0.39, 0.29) is 168 Å². The van der Waals surface area contributed by atoms with Crippen LogP contribution in [0.5, 0.6) is 0 Å². The fourth-order valence-corrected chi connectivity index (χ4v) is 22.6. The third-order valence-corrected chi connectivity index (χ3v) is 30.6. The molecule has 0 saturated carbocycles. The SMILES string of the molecule is CN1CCN(CCS)CC1.CO[C@@]12[C@H](COC(N)=O)C3=C(C(=O)C(C)=C(N)C3=O)N1C[C@@H]1N[C@@H]12.CO[C@@]12[C@H](COC(N)=O)C3=C(C(=O)C(C)=C(N)C3=O)N1C[C@H]1[C@@H]2N1C(=O)OCCSSCCN1CCN(C)CC1.CO[C@@]12[C@H](COC(N)=O)C3=C(C(=O)C(C)=C(N)C3=O)N1C[C@H]1[C@@H]2N1C(=O)OCCSSc1ccccn1.N.Nc1ccc(C(F)(F)F)cc1N.O=C(O)OCCS.S=c1cccc[nH]1. The Hall–Kier alpha value is -10.3. The number of H-pyrrole nitrogens is 1. The van der Waals surface area contributed by atoms with Crippen LogP contribution in [0.25, 0.3) is 0 Å². The lowest BCUT2D eigenvalue weighted by Gasteiger charge is -2.40. The smallest absolute Gasteiger partial charge is 0.450 e. The number of pyridine rings is 2. The Morgan fingerprint density at radius 2 is 0.964 bits per heavy atom. The Labute approximate surface area is 824 Å². The number of anilines is 2. The van der Waals surface area contributed by atoms with Gasteiger partial charge in [0, 0.05) is 187 Å². The number of fused-ring (bicyclic) bond motifs is 12. The van der Waals surface area contributed by atoms with Gasteiger partial charge in [0.2, 0.25) is 34.7 Å². The summed E-state index contributed by atoms with van der Waals surface area (Å²) in [5.41, 5.74) is 40.7. The lowest BCUT2D eigenvalue weighted by atomic mass is 9.82. The number of nitrogen functional groups attached to an aromatic ring is 2. The second-order valence-electron chi connectivity index (χ2n) is 33.1. The maximum Gasteiger partial charge on any atom is 0.505 e. The van der Waals surface area contributed by atoms with Gasteiger partial charge in [-0.2, -0.15) is 38.4 Å². The van der Waals surface area contributed by atoms with Gasteiger partial charge in [-0.25, -0.2) is 33.8 Å². The van der Waals surface area contributed by atoms with Gasteiger partial charge in [-0.1, -0.05) is 56.7 Å². The van der Waals surface area contributed by atoms with Gasteiger partial charge < -0.3 is 135 Å². The first-order chi connectivity index (χ1) is 65.1. The van der Waals surface area contributed by atoms with Gasteiger partial charge >= 0.3 is 42.8 Å². The lowest BCUT2D eigenvalue weighted by Crippen LogP contribution is -2.56. The number of piperazine rings is 5. The summed E-state index contributed by atoms with van der Waals surface area (Å²) < 4.78 is 84.8. The Bertz CT molecular complexity index is 5340. The van der Waals surface area contributed by atoms with Crippen LogP contribution in [0, 0.1) is 22.4 Å². The number of aromatic nitrogens is 2. The number of allylic oxidation sites excluding steroid dienone is 6. The van der Waals surface area contributed by atoms with Gasteiger partial charge in [-0.05, 0) is 88.1 Å². The molecule has 0 bridgehead atoms. The Morgan fingerprint density at radius 3 is 1.33 bits per heavy atom. The highest BCUT2D eigenvalue weighted by Gasteiger charge is 2.80. The van der Waals surface area contributed by atoms with Crippen LogP contribution in [-0.2, 0) is 77.6 Å². The molecule has 0 unspecified atom stereocenters. The number of benzene rings is 1. The van der Waals surface area contributed by atoms with E-state index in [1.807, 2.05) is 47.5 Å². The van der Waals surface area contributed by atoms with E-state index in [2.05, 4.69) is 79.0 Å². The normalized spacial score (nSPS) is 26.1. The number of carbonyl (C=O) groups is 12. The number of hydrogen-bond acceptors (Lipinski definition) is 43. The third-order valence-electron chi connectivity index (χ3n) is 25.4. The largest absolute Gasteiger partial charge is 0.505 e. The number of alkyl halides is 3. The molecule has 12 atom stereocenters. The van der Waals surface area contributed by atoms with Crippen LogP contribution in [0.4, 0.5) is 53.3 Å². The molecule has 3 aliphatic carbocycles. The number of amides is 5. The number of ether oxygens (including phenoxy) is 9. The van der Waals surface area contributed by atoms with Crippen LogP contribution in [0.2, 0.25) is 0 Å². The quantitative estimate of drug-likeness (QED) is 0.00661. The summed E-state index contributed by atoms with van der Waals surface area (Å²) in [4.78, 5) is 173. The molecule has 17 rings (SSSR count). The van der Waals surface area contributed by atoms with Crippen molar-refractivity contribution < 1.29 is 118 Å². The van der Waals surface area contributed by atoms with Crippen molar-refractivity contribution in [2.45, 2.75) is 85.4 Å². The van der Waals surface area contributed by atoms with E-state index in [4.69, 9.17) is 101 Å². The molecule has 43 nitrogen and oxygen atoms in total. The average molecular weight is 2070 g/mol. The minimum Gasteiger partial charge on any atom is -0.450 e. The number of carboxylic acid groups (broad SMARTS) is 1. The number of methoxy groups -OCH3 is 3. The van der Waals surface area contributed by atoms with Crippen LogP contribution >= 0.6 is 80.7 Å². The van der Waals surface area contributed by atoms with Crippen LogP contribution in [0.3, 0.4) is 0 Å². The summed E-state index contributed by atoms with van der Waals surface area (Å²) in [6.45, 7) is 16.9. The van der Waals surface area contributed by atoms with E-state index < -0.39 is 119 Å². The van der Waals surface area contributed by atoms with Crippen molar-refractivity contribution in [3.63, 3.8) is 0 Å². The van der Waals surface area contributed by atoms with Gasteiger partial charge in [0.1, 0.15) is 61.4 Å². The molecular formula is C85H116F3N21O22S7. The highest BCUT2D eigenvalue weighted by molar-refractivity contribution is 8.77. The van der Waals surface area contributed by atoms with Crippen LogP contribution < -0.4 is 57.3 Å². The summed E-state index contributed by atoms with van der Waals surface area (Å²) in [7, 11) is 15.2. The van der Waals surface area contributed by atoms with Crippen LogP contribution in [-0.4, -0.2) is 373 Å². The second kappa shape index (κ2) is 47.3. The van der Waals surface area contributed by atoms with Crippen molar-refractivity contribution in [3.05, 3.63) is 145 Å². The molecule has 14 aliphatic rings. The number of carbonyl (C=O) groups excluding carboxylic acids is 11. The van der Waals surface area contributed by atoms with Crippen molar-refractivity contribution in [2.24, 2.45) is 52.2 Å². The number of halogens is 3. The zero-order valence-corrected chi connectivity index (χ0v) is 82.8. The summed E-state index contributed by atoms with van der Waals surface area (Å²) in [6.07, 6.45) is -6.11. The molecule has 53 heteroatoms. The molecule has 13 heterocycles. The number of thiol groups is 2. The van der Waals surface area contributed by atoms with E-state index >= 15 is 0 Å². The highest BCUT2D eigenvalue weighted by Crippen LogP contribution is 2.63. The molecule has 5 amide bonds. The number of rotatable bonds is 25. The predicted molar refractivity (Wildman–Crippen MR) is 514 cm³/mol. The highest BCUT2D eigenvalue weighted by atomic mass is 33.1. The van der Waals surface area contributed by atoms with Crippen molar-refractivity contribution in [2.75, 3.05) is 200 Å². The average Bonchev–Trinajstić information content (AvgIpc) is 1.93.